The van der Waals surface area contributed by atoms with Crippen molar-refractivity contribution >= 4 is 5.97 Å². The molecule has 0 saturated heterocycles. The molecule has 1 atom stereocenters. The molecule has 0 amide bonds. The molecule has 134 valence electrons. The summed E-state index contributed by atoms with van der Waals surface area (Å²) in [7, 11) is 1.18. The Morgan fingerprint density at radius 2 is 2.04 bits per heavy atom. The Hall–Kier alpha value is -2.90. The van der Waals surface area contributed by atoms with Gasteiger partial charge in [0.05, 0.1) is 19.4 Å². The number of alkyl halides is 2. The van der Waals surface area contributed by atoms with Gasteiger partial charge < -0.3 is 19.0 Å². The summed E-state index contributed by atoms with van der Waals surface area (Å²) in [5.74, 6) is -2.25. The fraction of sp³-hybridized carbons (Fsp3) is 0.294. The quantitative estimate of drug-likeness (QED) is 0.803. The zero-order valence-electron chi connectivity index (χ0n) is 13.5. The molecule has 0 bridgehead atoms. The van der Waals surface area contributed by atoms with Gasteiger partial charge in [0.2, 0.25) is 11.2 Å². The van der Waals surface area contributed by atoms with E-state index in [1.807, 2.05) is 0 Å². The van der Waals surface area contributed by atoms with Crippen molar-refractivity contribution in [2.75, 3.05) is 7.11 Å². The van der Waals surface area contributed by atoms with Crippen molar-refractivity contribution in [3.8, 4) is 11.5 Å². The van der Waals surface area contributed by atoms with Gasteiger partial charge in [-0.2, -0.15) is 8.78 Å². The van der Waals surface area contributed by atoms with E-state index < -0.39 is 29.7 Å². The highest BCUT2D eigenvalue weighted by molar-refractivity contribution is 5.71. The molecule has 0 radical (unpaired) electrons. The molecule has 8 heteroatoms. The summed E-state index contributed by atoms with van der Waals surface area (Å²) in [5, 5.41) is 10.0. The normalized spacial score (nSPS) is 12.0. The second kappa shape index (κ2) is 7.78. The lowest BCUT2D eigenvalue weighted by atomic mass is 9.92. The first-order valence-corrected chi connectivity index (χ1v) is 7.27. The van der Waals surface area contributed by atoms with Crippen LogP contribution in [0.1, 0.15) is 29.4 Å². The van der Waals surface area contributed by atoms with Crippen molar-refractivity contribution in [2.24, 2.45) is 0 Å². The van der Waals surface area contributed by atoms with E-state index in [1.165, 1.54) is 38.3 Å². The molecule has 0 saturated carbocycles. The Kier molecular flexibility index (Phi) is 5.74. The lowest BCUT2D eigenvalue weighted by molar-refractivity contribution is -0.141. The summed E-state index contributed by atoms with van der Waals surface area (Å²) >= 11 is 0. The number of aryl methyl sites for hydroxylation is 1. The van der Waals surface area contributed by atoms with Gasteiger partial charge >= 0.3 is 12.6 Å². The highest BCUT2D eigenvalue weighted by atomic mass is 19.3. The third-order valence-electron chi connectivity index (χ3n) is 3.47. The fourth-order valence-corrected chi connectivity index (χ4v) is 2.38. The number of hydrogen-bond donors (Lipinski definition) is 1. The van der Waals surface area contributed by atoms with Crippen molar-refractivity contribution in [3.05, 3.63) is 57.6 Å². The lowest BCUT2D eigenvalue weighted by Crippen LogP contribution is -2.14. The second-order valence-electron chi connectivity index (χ2n) is 5.22. The first kappa shape index (κ1) is 18.4. The van der Waals surface area contributed by atoms with Crippen LogP contribution in [0.25, 0.3) is 0 Å². The number of halogens is 2. The molecule has 2 rings (SSSR count). The molecule has 1 aromatic carbocycles. The molecule has 0 fully saturated rings. The molecule has 0 aliphatic carbocycles. The molecule has 1 N–H and O–H groups in total. The second-order valence-corrected chi connectivity index (χ2v) is 5.22. The Morgan fingerprint density at radius 1 is 1.32 bits per heavy atom. The van der Waals surface area contributed by atoms with Gasteiger partial charge in [-0.25, -0.2) is 0 Å². The summed E-state index contributed by atoms with van der Waals surface area (Å²) < 4.78 is 39.2. The predicted octanol–water partition coefficient (Wildman–Crippen LogP) is 2.95. The highest BCUT2D eigenvalue weighted by Gasteiger charge is 2.26. The van der Waals surface area contributed by atoms with Gasteiger partial charge in [-0.05, 0) is 24.6 Å². The molecule has 0 spiro atoms. The van der Waals surface area contributed by atoms with Crippen LogP contribution in [0.15, 0.2) is 39.5 Å². The van der Waals surface area contributed by atoms with Gasteiger partial charge in [-0.15, -0.1) is 0 Å². The summed E-state index contributed by atoms with van der Waals surface area (Å²) in [6.45, 7) is -1.50. The summed E-state index contributed by atoms with van der Waals surface area (Å²) in [6, 6.07) is 6.68. The number of hydrogen-bond acceptors (Lipinski definition) is 6. The summed E-state index contributed by atoms with van der Waals surface area (Å²) in [5.41, 5.74) is -0.332. The number of aromatic hydroxyl groups is 1. The van der Waals surface area contributed by atoms with Crippen LogP contribution in [0.2, 0.25) is 0 Å². The Labute approximate surface area is 141 Å². The number of esters is 1. The zero-order chi connectivity index (χ0) is 18.6. The molecule has 6 nitrogen and oxygen atoms in total. The van der Waals surface area contributed by atoms with E-state index in [4.69, 9.17) is 4.42 Å². The first-order chi connectivity index (χ1) is 11.8. The maximum Gasteiger partial charge on any atom is 0.387 e. The average Bonchev–Trinajstić information content (AvgIpc) is 2.55. The third-order valence-corrected chi connectivity index (χ3v) is 3.47. The number of carbonyl (C=O) groups excluding carboxylic acids is 1. The molecule has 25 heavy (non-hydrogen) atoms. The smallest absolute Gasteiger partial charge is 0.387 e. The van der Waals surface area contributed by atoms with Gasteiger partial charge in [0.25, 0.3) is 0 Å². The van der Waals surface area contributed by atoms with E-state index in [0.29, 0.717) is 5.56 Å². The van der Waals surface area contributed by atoms with Gasteiger partial charge in [0, 0.05) is 6.07 Å². The van der Waals surface area contributed by atoms with E-state index in [2.05, 4.69) is 9.47 Å². The molecule has 0 aliphatic rings. The van der Waals surface area contributed by atoms with Gasteiger partial charge in [0.15, 0.2) is 5.76 Å². The molecule has 1 aromatic heterocycles. The number of methoxy groups -OCH3 is 1. The summed E-state index contributed by atoms with van der Waals surface area (Å²) in [6.07, 6.45) is -0.269. The van der Waals surface area contributed by atoms with Gasteiger partial charge in [-0.1, -0.05) is 12.1 Å². The van der Waals surface area contributed by atoms with Crippen LogP contribution in [0.4, 0.5) is 8.78 Å². The molecule has 0 unspecified atom stereocenters. The van der Waals surface area contributed by atoms with Crippen LogP contribution in [0.5, 0.6) is 11.5 Å². The van der Waals surface area contributed by atoms with Crippen LogP contribution >= 0.6 is 0 Å². The molecule has 1 heterocycles. The van der Waals surface area contributed by atoms with Crippen molar-refractivity contribution < 1.29 is 32.6 Å². The van der Waals surface area contributed by atoms with E-state index >= 15 is 0 Å². The maximum absolute atomic E-state index is 12.4. The van der Waals surface area contributed by atoms with Crippen molar-refractivity contribution in [1.82, 2.24) is 0 Å². The van der Waals surface area contributed by atoms with Crippen LogP contribution in [-0.2, 0) is 9.53 Å². The molecular formula is C17H16F2O6. The first-order valence-electron chi connectivity index (χ1n) is 7.27. The summed E-state index contributed by atoms with van der Waals surface area (Å²) in [4.78, 5) is 23.6. The van der Waals surface area contributed by atoms with Crippen LogP contribution in [-0.4, -0.2) is 24.8 Å². The largest absolute Gasteiger partial charge is 0.502 e. The zero-order valence-corrected chi connectivity index (χ0v) is 13.5. The molecular weight excluding hydrogens is 338 g/mol. The fourth-order valence-electron chi connectivity index (χ4n) is 2.38. The van der Waals surface area contributed by atoms with Gasteiger partial charge in [0.1, 0.15) is 11.5 Å². The maximum atomic E-state index is 12.4. The highest BCUT2D eigenvalue weighted by Crippen LogP contribution is 2.34. The molecule has 0 aliphatic heterocycles. The van der Waals surface area contributed by atoms with Crippen LogP contribution in [0.3, 0.4) is 0 Å². The SMILES string of the molecule is COC(=O)C[C@@H](c1cccc(OC(F)F)c1)c1oc(C)cc(=O)c1O. The topological polar surface area (TPSA) is 86.0 Å². The van der Waals surface area contributed by atoms with E-state index in [-0.39, 0.29) is 23.7 Å². The monoisotopic (exact) mass is 354 g/mol. The minimum atomic E-state index is -3.01. The van der Waals surface area contributed by atoms with Crippen molar-refractivity contribution in [2.45, 2.75) is 25.9 Å². The predicted molar refractivity (Wildman–Crippen MR) is 82.9 cm³/mol. The number of benzene rings is 1. The van der Waals surface area contributed by atoms with Gasteiger partial charge in [-0.3, -0.25) is 9.59 Å². The standard InChI is InChI=1S/C17H16F2O6/c1-9-6-13(20)15(22)16(24-9)12(8-14(21)23-2)10-4-3-5-11(7-10)25-17(18)19/h3-7,12,17,22H,8H2,1-2H3/t12-/m0/s1. The van der Waals surface area contributed by atoms with Crippen molar-refractivity contribution in [3.63, 3.8) is 0 Å². The van der Waals surface area contributed by atoms with Crippen molar-refractivity contribution in [1.29, 1.82) is 0 Å². The van der Waals surface area contributed by atoms with Crippen LogP contribution < -0.4 is 10.2 Å². The molecule has 2 aromatic rings. The van der Waals surface area contributed by atoms with E-state index in [0.717, 1.165) is 6.07 Å². The third kappa shape index (κ3) is 4.56. The Morgan fingerprint density at radius 3 is 2.68 bits per heavy atom. The Balaban J connectivity index is 2.54. The minimum Gasteiger partial charge on any atom is -0.502 e. The van der Waals surface area contributed by atoms with E-state index in [9.17, 15) is 23.5 Å². The Bertz CT molecular complexity index is 815. The van der Waals surface area contributed by atoms with Crippen LogP contribution in [0, 0.1) is 6.92 Å². The number of carbonyl (C=O) groups is 1. The lowest BCUT2D eigenvalue weighted by Gasteiger charge is -2.17. The van der Waals surface area contributed by atoms with E-state index in [1.54, 1.807) is 0 Å². The average molecular weight is 354 g/mol. The minimum absolute atomic E-state index is 0.128. The number of ether oxygens (including phenoxy) is 2. The number of rotatable bonds is 6.